The van der Waals surface area contributed by atoms with Crippen molar-refractivity contribution in [3.8, 4) is 5.75 Å². The molecule has 164 valence electrons. The zero-order valence-electron chi connectivity index (χ0n) is 17.9. The standard InChI is InChI=1S/C26H25Cl2N3O/c1-32-21-7-9-24-23(15-21)26(22-8-6-19(28)14-25(22)30-24)29-20-10-12-31(13-11-20)16-17-2-4-18(27)5-3-17/h2-9,14-15,20H,10-13,16H2,1H3,(H,29,30). The molecule has 32 heavy (non-hydrogen) atoms. The third kappa shape index (κ3) is 4.49. The molecule has 6 heteroatoms. The fraction of sp³-hybridized carbons (Fsp3) is 0.269. The number of ether oxygens (including phenoxy) is 1. The average Bonchev–Trinajstić information content (AvgIpc) is 2.81. The summed E-state index contributed by atoms with van der Waals surface area (Å²) in [6.07, 6.45) is 2.16. The van der Waals surface area contributed by atoms with Crippen LogP contribution < -0.4 is 10.1 Å². The maximum absolute atomic E-state index is 6.26. The predicted molar refractivity (Wildman–Crippen MR) is 134 cm³/mol. The van der Waals surface area contributed by atoms with E-state index in [0.29, 0.717) is 11.1 Å². The number of hydrogen-bond donors (Lipinski definition) is 1. The molecular weight excluding hydrogens is 441 g/mol. The first kappa shape index (κ1) is 21.3. The third-order valence-electron chi connectivity index (χ3n) is 6.20. The van der Waals surface area contributed by atoms with E-state index >= 15 is 0 Å². The van der Waals surface area contributed by atoms with Crippen molar-refractivity contribution in [1.82, 2.24) is 9.88 Å². The van der Waals surface area contributed by atoms with Gasteiger partial charge in [0.1, 0.15) is 5.75 Å². The smallest absolute Gasteiger partial charge is 0.119 e. The van der Waals surface area contributed by atoms with Crippen LogP contribution in [0.25, 0.3) is 21.8 Å². The quantitative estimate of drug-likeness (QED) is 0.329. The van der Waals surface area contributed by atoms with Crippen LogP contribution in [0.1, 0.15) is 18.4 Å². The molecular formula is C26H25Cl2N3O. The molecule has 0 unspecified atom stereocenters. The van der Waals surface area contributed by atoms with Gasteiger partial charge in [-0.25, -0.2) is 4.98 Å². The number of piperidine rings is 1. The zero-order chi connectivity index (χ0) is 22.1. The first-order valence-electron chi connectivity index (χ1n) is 10.9. The van der Waals surface area contributed by atoms with Crippen molar-refractivity contribution in [3.05, 3.63) is 76.3 Å². The van der Waals surface area contributed by atoms with E-state index in [1.807, 2.05) is 36.4 Å². The lowest BCUT2D eigenvalue weighted by molar-refractivity contribution is 0.211. The first-order valence-corrected chi connectivity index (χ1v) is 11.6. The lowest BCUT2D eigenvalue weighted by Gasteiger charge is -2.33. The van der Waals surface area contributed by atoms with Crippen LogP contribution in [-0.2, 0) is 6.54 Å². The molecule has 0 radical (unpaired) electrons. The Labute approximate surface area is 198 Å². The van der Waals surface area contributed by atoms with Gasteiger partial charge in [-0.05, 0) is 66.9 Å². The fourth-order valence-corrected chi connectivity index (χ4v) is 4.76. The highest BCUT2D eigenvalue weighted by atomic mass is 35.5. The van der Waals surface area contributed by atoms with Gasteiger partial charge in [0.25, 0.3) is 0 Å². The Morgan fingerprint density at radius 1 is 0.906 bits per heavy atom. The molecule has 4 aromatic rings. The van der Waals surface area contributed by atoms with Crippen LogP contribution in [0, 0.1) is 0 Å². The molecule has 0 aliphatic carbocycles. The van der Waals surface area contributed by atoms with E-state index in [2.05, 4.69) is 34.5 Å². The van der Waals surface area contributed by atoms with Gasteiger partial charge in [0, 0.05) is 46.5 Å². The number of pyridine rings is 1. The van der Waals surface area contributed by atoms with Gasteiger partial charge in [-0.1, -0.05) is 35.3 Å². The zero-order valence-corrected chi connectivity index (χ0v) is 19.5. The molecule has 1 aliphatic heterocycles. The van der Waals surface area contributed by atoms with Gasteiger partial charge in [-0.15, -0.1) is 0 Å². The highest BCUT2D eigenvalue weighted by molar-refractivity contribution is 6.31. The number of hydrogen-bond acceptors (Lipinski definition) is 4. The second kappa shape index (κ2) is 9.14. The minimum atomic E-state index is 0.396. The van der Waals surface area contributed by atoms with E-state index in [9.17, 15) is 0 Å². The lowest BCUT2D eigenvalue weighted by Crippen LogP contribution is -2.38. The summed E-state index contributed by atoms with van der Waals surface area (Å²) < 4.78 is 5.48. The van der Waals surface area contributed by atoms with Gasteiger partial charge in [0.05, 0.1) is 23.8 Å². The summed E-state index contributed by atoms with van der Waals surface area (Å²) >= 11 is 12.3. The Bertz CT molecular complexity index is 1250. The van der Waals surface area contributed by atoms with Crippen molar-refractivity contribution in [2.75, 3.05) is 25.5 Å². The molecule has 0 amide bonds. The minimum absolute atomic E-state index is 0.396. The number of benzene rings is 3. The van der Waals surface area contributed by atoms with Crippen LogP contribution in [0.5, 0.6) is 5.75 Å². The Hall–Kier alpha value is -2.53. The molecule has 4 nitrogen and oxygen atoms in total. The summed E-state index contributed by atoms with van der Waals surface area (Å²) in [5, 5.41) is 7.48. The molecule has 1 N–H and O–H groups in total. The molecule has 0 atom stereocenters. The van der Waals surface area contributed by atoms with E-state index < -0.39 is 0 Å². The van der Waals surface area contributed by atoms with Crippen molar-refractivity contribution < 1.29 is 4.74 Å². The van der Waals surface area contributed by atoms with Crippen LogP contribution in [0.4, 0.5) is 5.69 Å². The first-order chi connectivity index (χ1) is 15.6. The summed E-state index contributed by atoms with van der Waals surface area (Å²) in [5.41, 5.74) is 4.24. The average molecular weight is 466 g/mol. The maximum Gasteiger partial charge on any atom is 0.119 e. The summed E-state index contributed by atoms with van der Waals surface area (Å²) in [7, 11) is 1.69. The molecule has 2 heterocycles. The van der Waals surface area contributed by atoms with Crippen LogP contribution in [0.3, 0.4) is 0 Å². The molecule has 1 aromatic heterocycles. The Balaban J connectivity index is 1.39. The summed E-state index contributed by atoms with van der Waals surface area (Å²) in [6, 6.07) is 20.5. The van der Waals surface area contributed by atoms with E-state index in [0.717, 1.165) is 70.7 Å². The number of likely N-dealkylation sites (tertiary alicyclic amines) is 1. The molecule has 1 aliphatic rings. The highest BCUT2D eigenvalue weighted by Gasteiger charge is 2.21. The number of methoxy groups -OCH3 is 1. The second-order valence-electron chi connectivity index (χ2n) is 8.35. The van der Waals surface area contributed by atoms with Gasteiger partial charge < -0.3 is 10.1 Å². The second-order valence-corrected chi connectivity index (χ2v) is 9.23. The molecule has 0 spiro atoms. The minimum Gasteiger partial charge on any atom is -0.497 e. The number of anilines is 1. The number of fused-ring (bicyclic) bond motifs is 2. The van der Waals surface area contributed by atoms with E-state index in [1.54, 1.807) is 7.11 Å². The molecule has 1 saturated heterocycles. The molecule has 3 aromatic carbocycles. The Kier molecular flexibility index (Phi) is 6.09. The number of nitrogens with zero attached hydrogens (tertiary/aromatic N) is 2. The van der Waals surface area contributed by atoms with Crippen LogP contribution >= 0.6 is 23.2 Å². The van der Waals surface area contributed by atoms with E-state index in [1.165, 1.54) is 5.56 Å². The van der Waals surface area contributed by atoms with Crippen LogP contribution in [0.2, 0.25) is 10.0 Å². The number of halogens is 2. The van der Waals surface area contributed by atoms with Gasteiger partial charge in [-0.2, -0.15) is 0 Å². The van der Waals surface area contributed by atoms with Crippen molar-refractivity contribution in [3.63, 3.8) is 0 Å². The Morgan fingerprint density at radius 3 is 2.41 bits per heavy atom. The largest absolute Gasteiger partial charge is 0.497 e. The lowest BCUT2D eigenvalue weighted by atomic mass is 10.0. The Morgan fingerprint density at radius 2 is 1.66 bits per heavy atom. The molecule has 5 rings (SSSR count). The van der Waals surface area contributed by atoms with Crippen molar-refractivity contribution >= 4 is 50.7 Å². The summed E-state index contributed by atoms with van der Waals surface area (Å²) in [4.78, 5) is 7.34. The number of aromatic nitrogens is 1. The fourth-order valence-electron chi connectivity index (χ4n) is 4.47. The summed E-state index contributed by atoms with van der Waals surface area (Å²) in [6.45, 7) is 3.06. The number of rotatable bonds is 5. The van der Waals surface area contributed by atoms with E-state index in [4.69, 9.17) is 32.9 Å². The van der Waals surface area contributed by atoms with Crippen molar-refractivity contribution in [2.45, 2.75) is 25.4 Å². The van der Waals surface area contributed by atoms with E-state index in [-0.39, 0.29) is 0 Å². The predicted octanol–water partition coefficient (Wildman–Crippen LogP) is 6.78. The normalized spacial score (nSPS) is 15.3. The van der Waals surface area contributed by atoms with Gasteiger partial charge in [0.15, 0.2) is 0 Å². The summed E-state index contributed by atoms with van der Waals surface area (Å²) in [5.74, 6) is 0.827. The van der Waals surface area contributed by atoms with Crippen LogP contribution in [-0.4, -0.2) is 36.1 Å². The molecule has 0 bridgehead atoms. The highest BCUT2D eigenvalue weighted by Crippen LogP contribution is 2.35. The molecule has 1 fully saturated rings. The van der Waals surface area contributed by atoms with Gasteiger partial charge in [0.2, 0.25) is 0 Å². The number of nitrogens with one attached hydrogen (secondary N) is 1. The van der Waals surface area contributed by atoms with Gasteiger partial charge >= 0.3 is 0 Å². The third-order valence-corrected chi connectivity index (χ3v) is 6.69. The molecule has 0 saturated carbocycles. The van der Waals surface area contributed by atoms with Crippen molar-refractivity contribution in [2.24, 2.45) is 0 Å². The van der Waals surface area contributed by atoms with Crippen molar-refractivity contribution in [1.29, 1.82) is 0 Å². The van der Waals surface area contributed by atoms with Crippen LogP contribution in [0.15, 0.2) is 60.7 Å². The maximum atomic E-state index is 6.26. The SMILES string of the molecule is COc1ccc2nc3cc(Cl)ccc3c(NC3CCN(Cc4ccc(Cl)cc4)CC3)c2c1. The van der Waals surface area contributed by atoms with Gasteiger partial charge in [-0.3, -0.25) is 4.90 Å². The monoisotopic (exact) mass is 465 g/mol. The topological polar surface area (TPSA) is 37.4 Å².